The van der Waals surface area contributed by atoms with Gasteiger partial charge in [-0.2, -0.15) is 0 Å². The minimum absolute atomic E-state index is 0.0529. The Morgan fingerprint density at radius 1 is 1.45 bits per heavy atom. The molecule has 0 aliphatic carbocycles. The van der Waals surface area contributed by atoms with Crippen molar-refractivity contribution in [3.8, 4) is 5.75 Å². The highest BCUT2D eigenvalue weighted by Crippen LogP contribution is 2.22. The number of thiazole rings is 1. The number of ether oxygens (including phenoxy) is 1. The molecule has 1 atom stereocenters. The van der Waals surface area contributed by atoms with Crippen LogP contribution in [0.25, 0.3) is 0 Å². The zero-order valence-corrected chi connectivity index (χ0v) is 13.7. The van der Waals surface area contributed by atoms with Gasteiger partial charge in [-0.1, -0.05) is 12.1 Å². The molecule has 0 spiro atoms. The number of urea groups is 1. The van der Waals surface area contributed by atoms with E-state index >= 15 is 0 Å². The van der Waals surface area contributed by atoms with Crippen LogP contribution in [0.1, 0.15) is 11.6 Å². The van der Waals surface area contributed by atoms with Crippen molar-refractivity contribution in [2.75, 3.05) is 33.1 Å². The second-order valence-electron chi connectivity index (χ2n) is 4.93. The SMILES string of the molecule is COc1cccc([C@H](CNC(=O)Nc2nccs2)N(C)C)c1. The first-order valence-corrected chi connectivity index (χ1v) is 7.73. The molecule has 22 heavy (non-hydrogen) atoms. The summed E-state index contributed by atoms with van der Waals surface area (Å²) in [5.41, 5.74) is 1.08. The Bertz CT molecular complexity index is 601. The summed E-state index contributed by atoms with van der Waals surface area (Å²) in [6.45, 7) is 0.484. The maximum absolute atomic E-state index is 11.9. The number of likely N-dealkylation sites (N-methyl/N-ethyl adjacent to an activating group) is 1. The fraction of sp³-hybridized carbons (Fsp3) is 0.333. The van der Waals surface area contributed by atoms with Gasteiger partial charge in [0.15, 0.2) is 5.13 Å². The maximum atomic E-state index is 11.9. The van der Waals surface area contributed by atoms with Crippen LogP contribution >= 0.6 is 11.3 Å². The number of methoxy groups -OCH3 is 1. The van der Waals surface area contributed by atoms with Gasteiger partial charge < -0.3 is 15.0 Å². The molecule has 2 rings (SSSR count). The number of hydrogen-bond acceptors (Lipinski definition) is 5. The molecule has 0 fully saturated rings. The van der Waals surface area contributed by atoms with Crippen molar-refractivity contribution >= 4 is 22.5 Å². The Morgan fingerprint density at radius 2 is 2.27 bits per heavy atom. The van der Waals surface area contributed by atoms with Crippen LogP contribution < -0.4 is 15.4 Å². The molecule has 2 amide bonds. The Balaban J connectivity index is 1.98. The van der Waals surface area contributed by atoms with E-state index in [0.717, 1.165) is 11.3 Å². The first-order chi connectivity index (χ1) is 10.6. The van der Waals surface area contributed by atoms with E-state index in [1.54, 1.807) is 13.3 Å². The van der Waals surface area contributed by atoms with Crippen LogP contribution in [0.5, 0.6) is 5.75 Å². The Morgan fingerprint density at radius 3 is 2.91 bits per heavy atom. The Kier molecular flexibility index (Phi) is 5.74. The fourth-order valence-electron chi connectivity index (χ4n) is 2.06. The highest BCUT2D eigenvalue weighted by Gasteiger charge is 2.16. The van der Waals surface area contributed by atoms with Crippen LogP contribution in [0.3, 0.4) is 0 Å². The molecule has 0 unspecified atom stereocenters. The van der Waals surface area contributed by atoms with E-state index in [1.165, 1.54) is 11.3 Å². The number of carbonyl (C=O) groups is 1. The Labute approximate surface area is 134 Å². The van der Waals surface area contributed by atoms with E-state index in [-0.39, 0.29) is 12.1 Å². The van der Waals surface area contributed by atoms with Crippen molar-refractivity contribution in [1.82, 2.24) is 15.2 Å². The molecule has 1 aromatic carbocycles. The minimum Gasteiger partial charge on any atom is -0.497 e. The molecule has 0 radical (unpaired) electrons. The van der Waals surface area contributed by atoms with E-state index in [1.807, 2.05) is 43.7 Å². The summed E-state index contributed by atoms with van der Waals surface area (Å²) in [4.78, 5) is 18.0. The van der Waals surface area contributed by atoms with E-state index in [4.69, 9.17) is 4.74 Å². The van der Waals surface area contributed by atoms with Gasteiger partial charge in [0.05, 0.1) is 13.2 Å². The number of benzene rings is 1. The van der Waals surface area contributed by atoms with Crippen LogP contribution in [0.15, 0.2) is 35.8 Å². The lowest BCUT2D eigenvalue weighted by Crippen LogP contribution is -2.36. The average Bonchev–Trinajstić information content (AvgIpc) is 3.00. The number of anilines is 1. The number of amides is 2. The van der Waals surface area contributed by atoms with Gasteiger partial charge in [-0.3, -0.25) is 5.32 Å². The number of rotatable bonds is 6. The molecular weight excluding hydrogens is 300 g/mol. The second kappa shape index (κ2) is 7.77. The van der Waals surface area contributed by atoms with Gasteiger partial charge >= 0.3 is 6.03 Å². The first-order valence-electron chi connectivity index (χ1n) is 6.85. The van der Waals surface area contributed by atoms with Crippen LogP contribution in [-0.4, -0.2) is 43.7 Å². The topological polar surface area (TPSA) is 66.5 Å². The quantitative estimate of drug-likeness (QED) is 0.858. The summed E-state index contributed by atoms with van der Waals surface area (Å²) >= 11 is 1.38. The number of hydrogen-bond donors (Lipinski definition) is 2. The molecule has 1 heterocycles. The molecular formula is C15H20N4O2S. The van der Waals surface area contributed by atoms with Gasteiger partial charge in [0.2, 0.25) is 0 Å². The Hall–Kier alpha value is -2.12. The van der Waals surface area contributed by atoms with E-state index < -0.39 is 0 Å². The zero-order valence-electron chi connectivity index (χ0n) is 12.9. The predicted molar refractivity (Wildman–Crippen MR) is 88.6 cm³/mol. The third-order valence-electron chi connectivity index (χ3n) is 3.21. The largest absolute Gasteiger partial charge is 0.497 e. The molecule has 6 nitrogen and oxygen atoms in total. The zero-order chi connectivity index (χ0) is 15.9. The lowest BCUT2D eigenvalue weighted by Gasteiger charge is -2.25. The van der Waals surface area contributed by atoms with E-state index in [9.17, 15) is 4.79 Å². The average molecular weight is 320 g/mol. The van der Waals surface area contributed by atoms with Gasteiger partial charge in [0.1, 0.15) is 5.75 Å². The van der Waals surface area contributed by atoms with Gasteiger partial charge in [0, 0.05) is 18.1 Å². The summed E-state index contributed by atoms with van der Waals surface area (Å²) in [6.07, 6.45) is 1.65. The third kappa shape index (κ3) is 4.44. The smallest absolute Gasteiger partial charge is 0.321 e. The molecule has 2 aromatic rings. The fourth-order valence-corrected chi connectivity index (χ4v) is 2.59. The summed E-state index contributed by atoms with van der Waals surface area (Å²) in [6, 6.07) is 7.64. The molecule has 118 valence electrons. The summed E-state index contributed by atoms with van der Waals surface area (Å²) in [5, 5.41) is 7.97. The van der Waals surface area contributed by atoms with E-state index in [0.29, 0.717) is 11.7 Å². The number of nitrogens with one attached hydrogen (secondary N) is 2. The molecule has 0 bridgehead atoms. The summed E-state index contributed by atoms with van der Waals surface area (Å²) in [7, 11) is 5.60. The molecule has 0 aliphatic heterocycles. The first kappa shape index (κ1) is 16.3. The monoisotopic (exact) mass is 320 g/mol. The van der Waals surface area contributed by atoms with Gasteiger partial charge in [-0.15, -0.1) is 11.3 Å². The number of aromatic nitrogens is 1. The van der Waals surface area contributed by atoms with Gasteiger partial charge in [-0.05, 0) is 31.8 Å². The highest BCUT2D eigenvalue weighted by atomic mass is 32.1. The van der Waals surface area contributed by atoms with Crippen molar-refractivity contribution < 1.29 is 9.53 Å². The summed E-state index contributed by atoms with van der Waals surface area (Å²) in [5.74, 6) is 0.802. The molecule has 0 aliphatic rings. The van der Waals surface area contributed by atoms with Crippen molar-refractivity contribution in [2.45, 2.75) is 6.04 Å². The van der Waals surface area contributed by atoms with Crippen LogP contribution in [0.4, 0.5) is 9.93 Å². The normalized spacial score (nSPS) is 12.0. The van der Waals surface area contributed by atoms with Gasteiger partial charge in [-0.25, -0.2) is 9.78 Å². The van der Waals surface area contributed by atoms with Crippen molar-refractivity contribution in [2.24, 2.45) is 0 Å². The van der Waals surface area contributed by atoms with Crippen molar-refractivity contribution in [3.63, 3.8) is 0 Å². The molecule has 7 heteroatoms. The maximum Gasteiger partial charge on any atom is 0.321 e. The van der Waals surface area contributed by atoms with Crippen LogP contribution in [-0.2, 0) is 0 Å². The highest BCUT2D eigenvalue weighted by molar-refractivity contribution is 7.13. The standard InChI is InChI=1S/C15H20N4O2S/c1-19(2)13(11-5-4-6-12(9-11)21-3)10-17-14(20)18-15-16-7-8-22-15/h4-9,13H,10H2,1-3H3,(H2,16,17,18,20)/t13-/m0/s1. The third-order valence-corrected chi connectivity index (χ3v) is 3.90. The molecule has 2 N–H and O–H groups in total. The van der Waals surface area contributed by atoms with Crippen LogP contribution in [0, 0.1) is 0 Å². The van der Waals surface area contributed by atoms with E-state index in [2.05, 4.69) is 20.5 Å². The van der Waals surface area contributed by atoms with Crippen molar-refractivity contribution in [3.05, 3.63) is 41.4 Å². The lowest BCUT2D eigenvalue weighted by molar-refractivity contribution is 0.243. The summed E-state index contributed by atoms with van der Waals surface area (Å²) < 4.78 is 5.26. The van der Waals surface area contributed by atoms with Crippen LogP contribution in [0.2, 0.25) is 0 Å². The molecule has 0 saturated heterocycles. The molecule has 1 aromatic heterocycles. The van der Waals surface area contributed by atoms with Crippen molar-refractivity contribution in [1.29, 1.82) is 0 Å². The minimum atomic E-state index is -0.260. The predicted octanol–water partition coefficient (Wildman–Crippen LogP) is 2.58. The lowest BCUT2D eigenvalue weighted by atomic mass is 10.1. The second-order valence-corrected chi connectivity index (χ2v) is 5.82. The number of carbonyl (C=O) groups excluding carboxylic acids is 1. The molecule has 0 saturated carbocycles. The van der Waals surface area contributed by atoms with Gasteiger partial charge in [0.25, 0.3) is 0 Å². The number of nitrogens with zero attached hydrogens (tertiary/aromatic N) is 2.